The smallest absolute Gasteiger partial charge is 0.280 e. The molecular formula is C12H10N6O. The molecule has 3 aromatic heterocycles. The summed E-state index contributed by atoms with van der Waals surface area (Å²) in [6, 6.07) is 3.80. The van der Waals surface area contributed by atoms with Gasteiger partial charge in [-0.05, 0) is 11.6 Å². The maximum absolute atomic E-state index is 5.70. The number of hydrogen-bond donors (Lipinski definition) is 1. The van der Waals surface area contributed by atoms with Crippen LogP contribution >= 0.6 is 0 Å². The molecule has 0 aliphatic heterocycles. The zero-order valence-electron chi connectivity index (χ0n) is 9.89. The number of nitrogen functional groups attached to an aromatic ring is 1. The molecule has 0 radical (unpaired) electrons. The molecule has 0 saturated carbocycles. The zero-order chi connectivity index (χ0) is 13.1. The molecule has 0 unspecified atom stereocenters. The van der Waals surface area contributed by atoms with E-state index in [1.54, 1.807) is 12.4 Å². The third-order valence-electron chi connectivity index (χ3n) is 2.48. The van der Waals surface area contributed by atoms with Crippen molar-refractivity contribution in [2.45, 2.75) is 6.42 Å². The van der Waals surface area contributed by atoms with Crippen LogP contribution in [0.2, 0.25) is 0 Å². The highest BCUT2D eigenvalue weighted by atomic mass is 16.5. The average molecular weight is 254 g/mol. The van der Waals surface area contributed by atoms with E-state index in [1.807, 2.05) is 12.1 Å². The first-order valence-corrected chi connectivity index (χ1v) is 5.61. The van der Waals surface area contributed by atoms with Crippen molar-refractivity contribution in [3.63, 3.8) is 0 Å². The summed E-state index contributed by atoms with van der Waals surface area (Å²) in [7, 11) is 0. The largest absolute Gasteiger partial charge is 0.382 e. The first kappa shape index (κ1) is 11.3. The predicted octanol–water partition coefficient (Wildman–Crippen LogP) is 1.09. The molecule has 2 N–H and O–H groups in total. The first-order chi connectivity index (χ1) is 9.33. The number of aromatic nitrogens is 5. The van der Waals surface area contributed by atoms with E-state index in [-0.39, 0.29) is 11.7 Å². The van der Waals surface area contributed by atoms with Gasteiger partial charge < -0.3 is 10.3 Å². The minimum absolute atomic E-state index is 0.263. The van der Waals surface area contributed by atoms with Crippen LogP contribution in [0, 0.1) is 0 Å². The molecule has 0 aliphatic carbocycles. The molecule has 3 rings (SSSR count). The van der Waals surface area contributed by atoms with Crippen LogP contribution in [0.25, 0.3) is 11.6 Å². The van der Waals surface area contributed by atoms with E-state index in [2.05, 4.69) is 25.1 Å². The van der Waals surface area contributed by atoms with Crippen molar-refractivity contribution in [3.8, 4) is 11.6 Å². The van der Waals surface area contributed by atoms with Gasteiger partial charge in [-0.15, -0.1) is 0 Å². The van der Waals surface area contributed by atoms with E-state index in [0.29, 0.717) is 17.9 Å². The van der Waals surface area contributed by atoms with Crippen molar-refractivity contribution in [2.75, 3.05) is 5.73 Å². The molecule has 0 fully saturated rings. The standard InChI is InChI=1S/C12H10N6O/c13-11-10(15-4-5-16-11)12-17-9(18-19-12)6-8-2-1-3-14-7-8/h1-5,7H,6H2,(H2,13,16). The van der Waals surface area contributed by atoms with E-state index >= 15 is 0 Å². The van der Waals surface area contributed by atoms with Crippen molar-refractivity contribution >= 4 is 5.82 Å². The molecule has 0 bridgehead atoms. The van der Waals surface area contributed by atoms with Gasteiger partial charge in [-0.1, -0.05) is 11.2 Å². The molecule has 94 valence electrons. The fourth-order valence-corrected chi connectivity index (χ4v) is 1.62. The Bertz CT molecular complexity index is 681. The molecule has 0 aliphatic rings. The van der Waals surface area contributed by atoms with Crippen LogP contribution in [-0.2, 0) is 6.42 Å². The lowest BCUT2D eigenvalue weighted by Crippen LogP contribution is -1.96. The molecule has 0 aromatic carbocycles. The second kappa shape index (κ2) is 4.81. The van der Waals surface area contributed by atoms with Crippen LogP contribution in [-0.4, -0.2) is 25.1 Å². The second-order valence-corrected chi connectivity index (χ2v) is 3.84. The summed E-state index contributed by atoms with van der Waals surface area (Å²) >= 11 is 0. The van der Waals surface area contributed by atoms with E-state index in [9.17, 15) is 0 Å². The number of nitrogens with two attached hydrogens (primary N) is 1. The Morgan fingerprint density at radius 3 is 2.84 bits per heavy atom. The molecule has 19 heavy (non-hydrogen) atoms. The van der Waals surface area contributed by atoms with Crippen LogP contribution in [0.3, 0.4) is 0 Å². The minimum atomic E-state index is 0.263. The van der Waals surface area contributed by atoms with Crippen molar-refractivity contribution < 1.29 is 4.52 Å². The maximum atomic E-state index is 5.70. The van der Waals surface area contributed by atoms with E-state index < -0.39 is 0 Å². The Morgan fingerprint density at radius 2 is 2.05 bits per heavy atom. The molecule has 3 heterocycles. The molecule has 0 atom stereocenters. The third-order valence-corrected chi connectivity index (χ3v) is 2.48. The lowest BCUT2D eigenvalue weighted by atomic mass is 10.2. The Kier molecular flexibility index (Phi) is 2.85. The van der Waals surface area contributed by atoms with Crippen molar-refractivity contribution in [1.29, 1.82) is 0 Å². The molecule has 0 spiro atoms. The number of anilines is 1. The quantitative estimate of drug-likeness (QED) is 0.746. The normalized spacial score (nSPS) is 10.5. The van der Waals surface area contributed by atoms with Gasteiger partial charge in [0.2, 0.25) is 0 Å². The SMILES string of the molecule is Nc1nccnc1-c1nc(Cc2cccnc2)no1. The van der Waals surface area contributed by atoms with Gasteiger partial charge in [0.25, 0.3) is 5.89 Å². The van der Waals surface area contributed by atoms with E-state index in [1.165, 1.54) is 12.4 Å². The van der Waals surface area contributed by atoms with Gasteiger partial charge in [-0.3, -0.25) is 4.98 Å². The first-order valence-electron chi connectivity index (χ1n) is 5.61. The third kappa shape index (κ3) is 2.39. The van der Waals surface area contributed by atoms with Gasteiger partial charge in [0.15, 0.2) is 17.3 Å². The van der Waals surface area contributed by atoms with Gasteiger partial charge in [0.1, 0.15) is 0 Å². The van der Waals surface area contributed by atoms with Crippen LogP contribution in [0.5, 0.6) is 0 Å². The fourth-order valence-electron chi connectivity index (χ4n) is 1.62. The van der Waals surface area contributed by atoms with Gasteiger partial charge in [0, 0.05) is 31.2 Å². The number of hydrogen-bond acceptors (Lipinski definition) is 7. The summed E-state index contributed by atoms with van der Waals surface area (Å²) in [5, 5.41) is 3.89. The monoisotopic (exact) mass is 254 g/mol. The summed E-state index contributed by atoms with van der Waals surface area (Å²) < 4.78 is 5.14. The van der Waals surface area contributed by atoms with E-state index in [0.717, 1.165) is 5.56 Å². The summed E-state index contributed by atoms with van der Waals surface area (Å²) in [4.78, 5) is 16.3. The summed E-state index contributed by atoms with van der Waals surface area (Å²) in [6.07, 6.45) is 7.04. The summed E-state index contributed by atoms with van der Waals surface area (Å²) in [6.45, 7) is 0. The van der Waals surface area contributed by atoms with Crippen LogP contribution < -0.4 is 5.73 Å². The molecule has 3 aromatic rings. The van der Waals surface area contributed by atoms with Gasteiger partial charge >= 0.3 is 0 Å². The summed E-state index contributed by atoms with van der Waals surface area (Å²) in [5.74, 6) is 1.08. The maximum Gasteiger partial charge on any atom is 0.280 e. The lowest BCUT2D eigenvalue weighted by molar-refractivity contribution is 0.422. The molecule has 0 saturated heterocycles. The Labute approximate surface area is 108 Å². The molecule has 7 heteroatoms. The summed E-state index contributed by atoms with van der Waals surface area (Å²) in [5.41, 5.74) is 7.10. The van der Waals surface area contributed by atoms with Crippen molar-refractivity contribution in [2.24, 2.45) is 0 Å². The topological polar surface area (TPSA) is 104 Å². The highest BCUT2D eigenvalue weighted by Crippen LogP contribution is 2.19. The number of nitrogens with zero attached hydrogens (tertiary/aromatic N) is 5. The van der Waals surface area contributed by atoms with Crippen LogP contribution in [0.4, 0.5) is 5.82 Å². The highest BCUT2D eigenvalue weighted by molar-refractivity contribution is 5.61. The molecular weight excluding hydrogens is 244 g/mol. The average Bonchev–Trinajstić information content (AvgIpc) is 2.89. The molecule has 7 nitrogen and oxygen atoms in total. The number of rotatable bonds is 3. The highest BCUT2D eigenvalue weighted by Gasteiger charge is 2.13. The van der Waals surface area contributed by atoms with E-state index in [4.69, 9.17) is 10.3 Å². The zero-order valence-corrected chi connectivity index (χ0v) is 9.89. The van der Waals surface area contributed by atoms with Crippen LogP contribution in [0.1, 0.15) is 11.4 Å². The van der Waals surface area contributed by atoms with Crippen LogP contribution in [0.15, 0.2) is 41.4 Å². The Morgan fingerprint density at radius 1 is 1.16 bits per heavy atom. The Hall–Kier alpha value is -2.83. The minimum Gasteiger partial charge on any atom is -0.382 e. The fraction of sp³-hybridized carbons (Fsp3) is 0.0833. The van der Waals surface area contributed by atoms with Gasteiger partial charge in [-0.2, -0.15) is 4.98 Å². The number of pyridine rings is 1. The lowest BCUT2D eigenvalue weighted by Gasteiger charge is -1.96. The molecule has 0 amide bonds. The van der Waals surface area contributed by atoms with Crippen molar-refractivity contribution in [3.05, 3.63) is 48.3 Å². The van der Waals surface area contributed by atoms with Gasteiger partial charge in [0.05, 0.1) is 0 Å². The van der Waals surface area contributed by atoms with Gasteiger partial charge in [-0.25, -0.2) is 9.97 Å². The predicted molar refractivity (Wildman–Crippen MR) is 66.8 cm³/mol. The second-order valence-electron chi connectivity index (χ2n) is 3.84. The Balaban J connectivity index is 1.86. The van der Waals surface area contributed by atoms with Crippen molar-refractivity contribution in [1.82, 2.24) is 25.1 Å².